The van der Waals surface area contributed by atoms with E-state index in [2.05, 4.69) is 54.2 Å². The molecular weight excluding hydrogens is 296 g/mol. The van der Waals surface area contributed by atoms with E-state index in [9.17, 15) is 0 Å². The van der Waals surface area contributed by atoms with Crippen LogP contribution >= 0.6 is 0 Å². The molecule has 0 fully saturated rings. The molecule has 1 aliphatic rings. The van der Waals surface area contributed by atoms with Gasteiger partial charge in [-0.2, -0.15) is 0 Å². The van der Waals surface area contributed by atoms with Crippen molar-refractivity contribution in [3.05, 3.63) is 53.0 Å². The molecule has 0 aliphatic heterocycles. The fourth-order valence-electron chi connectivity index (χ4n) is 3.98. The summed E-state index contributed by atoms with van der Waals surface area (Å²) in [6, 6.07) is 2.33. The average Bonchev–Trinajstić information content (AvgIpc) is 2.50. The largest absolute Gasteiger partial charge is 0.468 e. The normalized spacial score (nSPS) is 19.8. The molecule has 0 aromatic heterocycles. The van der Waals surface area contributed by atoms with Crippen molar-refractivity contribution in [3.8, 4) is 5.75 Å². The first kappa shape index (κ1) is 18.6. The number of fused-ring (bicyclic) bond motifs is 1. The first-order valence-electron chi connectivity index (χ1n) is 8.92. The van der Waals surface area contributed by atoms with E-state index in [4.69, 9.17) is 9.47 Å². The molecular formula is C22H32O2. The van der Waals surface area contributed by atoms with E-state index >= 15 is 0 Å². The van der Waals surface area contributed by atoms with E-state index in [0.29, 0.717) is 17.8 Å². The van der Waals surface area contributed by atoms with Gasteiger partial charge in [-0.3, -0.25) is 0 Å². The molecule has 0 saturated carbocycles. The molecule has 1 unspecified atom stereocenters. The Hall–Kier alpha value is -1.70. The molecule has 0 saturated heterocycles. The Morgan fingerprint density at radius 2 is 2.00 bits per heavy atom. The maximum absolute atomic E-state index is 6.10. The molecule has 0 N–H and O–H groups in total. The molecule has 0 amide bonds. The maximum Gasteiger partial charge on any atom is 0.284 e. The maximum atomic E-state index is 6.10. The Bertz CT molecular complexity index is 650. The summed E-state index contributed by atoms with van der Waals surface area (Å²) in [7, 11) is 1.62. The summed E-state index contributed by atoms with van der Waals surface area (Å²) in [6.45, 7) is 17.4. The quantitative estimate of drug-likeness (QED) is 0.475. The fraction of sp³-hybridized carbons (Fsp3) is 0.545. The van der Waals surface area contributed by atoms with E-state index < -0.39 is 0 Å². The summed E-state index contributed by atoms with van der Waals surface area (Å²) in [6.07, 6.45) is 5.91. The van der Waals surface area contributed by atoms with E-state index in [1.54, 1.807) is 19.3 Å². The van der Waals surface area contributed by atoms with Crippen molar-refractivity contribution in [1.29, 1.82) is 0 Å². The minimum Gasteiger partial charge on any atom is -0.468 e. The van der Waals surface area contributed by atoms with E-state index in [0.717, 1.165) is 11.3 Å². The lowest BCUT2D eigenvalue weighted by Crippen LogP contribution is -2.29. The van der Waals surface area contributed by atoms with Crippen molar-refractivity contribution in [2.75, 3.05) is 7.11 Å². The van der Waals surface area contributed by atoms with Crippen LogP contribution in [0, 0.1) is 19.8 Å². The molecule has 0 bridgehead atoms. The van der Waals surface area contributed by atoms with Gasteiger partial charge in [-0.25, -0.2) is 0 Å². The third-order valence-corrected chi connectivity index (χ3v) is 5.40. The summed E-state index contributed by atoms with van der Waals surface area (Å²) in [4.78, 5) is 0. The standard InChI is InChI=1S/C22H32O2/c1-9-10-19(23-8)24-21-15(4)13-18-20(16(21)5)17(14(2)3)11-12-22(18,6)7/h9-10,13-14,17H,1,11-12H2,2-8H3/b19-10+. The SMILES string of the molecule is C=C/C=C(\OC)Oc1c(C)cc2c(c1C)C(C(C)C)CCC2(C)C. The van der Waals surface area contributed by atoms with Gasteiger partial charge in [-0.05, 0) is 66.2 Å². The number of ether oxygens (including phenoxy) is 2. The smallest absolute Gasteiger partial charge is 0.284 e. The van der Waals surface area contributed by atoms with Crippen molar-refractivity contribution < 1.29 is 9.47 Å². The Morgan fingerprint density at radius 3 is 2.54 bits per heavy atom. The highest BCUT2D eigenvalue weighted by Crippen LogP contribution is 2.49. The van der Waals surface area contributed by atoms with Gasteiger partial charge < -0.3 is 9.47 Å². The summed E-state index contributed by atoms with van der Waals surface area (Å²) in [5.41, 5.74) is 5.60. The van der Waals surface area contributed by atoms with Gasteiger partial charge in [-0.15, -0.1) is 0 Å². The fourth-order valence-corrected chi connectivity index (χ4v) is 3.98. The first-order valence-corrected chi connectivity index (χ1v) is 8.92. The molecule has 0 heterocycles. The molecule has 1 aromatic rings. The van der Waals surface area contributed by atoms with Crippen molar-refractivity contribution in [2.45, 2.75) is 65.7 Å². The predicted molar refractivity (Wildman–Crippen MR) is 102 cm³/mol. The molecule has 24 heavy (non-hydrogen) atoms. The van der Waals surface area contributed by atoms with Crippen LogP contribution in [0.25, 0.3) is 0 Å². The van der Waals surface area contributed by atoms with Crippen LogP contribution in [0.5, 0.6) is 5.75 Å². The third kappa shape index (κ3) is 3.38. The molecule has 1 aromatic carbocycles. The Balaban J connectivity index is 2.63. The monoisotopic (exact) mass is 328 g/mol. The average molecular weight is 328 g/mol. The Morgan fingerprint density at radius 1 is 1.33 bits per heavy atom. The highest BCUT2D eigenvalue weighted by Gasteiger charge is 2.36. The third-order valence-electron chi connectivity index (χ3n) is 5.40. The van der Waals surface area contributed by atoms with E-state index in [-0.39, 0.29) is 5.41 Å². The summed E-state index contributed by atoms with van der Waals surface area (Å²) < 4.78 is 11.4. The molecule has 2 heteroatoms. The van der Waals surface area contributed by atoms with Gasteiger partial charge in [0.1, 0.15) is 5.75 Å². The summed E-state index contributed by atoms with van der Waals surface area (Å²) in [5.74, 6) is 2.62. The lowest BCUT2D eigenvalue weighted by Gasteiger charge is -2.40. The zero-order valence-electron chi connectivity index (χ0n) is 16.3. The van der Waals surface area contributed by atoms with Crippen LogP contribution in [0.4, 0.5) is 0 Å². The number of hydrogen-bond acceptors (Lipinski definition) is 2. The van der Waals surface area contributed by atoms with Crippen LogP contribution < -0.4 is 4.74 Å². The lowest BCUT2D eigenvalue weighted by atomic mass is 9.64. The van der Waals surface area contributed by atoms with Gasteiger partial charge >= 0.3 is 0 Å². The molecule has 132 valence electrons. The minimum atomic E-state index is 0.218. The van der Waals surface area contributed by atoms with Crippen molar-refractivity contribution in [2.24, 2.45) is 5.92 Å². The van der Waals surface area contributed by atoms with Crippen LogP contribution in [0.1, 0.15) is 68.7 Å². The van der Waals surface area contributed by atoms with Gasteiger partial charge in [0.25, 0.3) is 5.95 Å². The van der Waals surface area contributed by atoms with Gasteiger partial charge in [-0.1, -0.05) is 46.4 Å². The van der Waals surface area contributed by atoms with Crippen molar-refractivity contribution >= 4 is 0 Å². The lowest BCUT2D eigenvalue weighted by molar-refractivity contribution is 0.150. The van der Waals surface area contributed by atoms with Gasteiger partial charge in [0, 0.05) is 6.08 Å². The van der Waals surface area contributed by atoms with E-state index in [1.165, 1.54) is 29.5 Å². The zero-order valence-corrected chi connectivity index (χ0v) is 16.3. The number of rotatable bonds is 5. The van der Waals surface area contributed by atoms with Gasteiger partial charge in [0.15, 0.2) is 0 Å². The number of allylic oxidation sites excluding steroid dienone is 2. The minimum absolute atomic E-state index is 0.218. The molecule has 2 rings (SSSR count). The second-order valence-electron chi connectivity index (χ2n) is 7.91. The number of hydrogen-bond donors (Lipinski definition) is 0. The number of methoxy groups -OCH3 is 1. The zero-order chi connectivity index (χ0) is 18.1. The highest BCUT2D eigenvalue weighted by atomic mass is 16.7. The molecule has 0 spiro atoms. The van der Waals surface area contributed by atoms with E-state index in [1.807, 2.05) is 0 Å². The molecule has 0 radical (unpaired) electrons. The molecule has 1 aliphatic carbocycles. The van der Waals surface area contributed by atoms with Crippen LogP contribution in [0.3, 0.4) is 0 Å². The Labute approximate surface area is 147 Å². The Kier molecular flexibility index (Phi) is 5.47. The topological polar surface area (TPSA) is 18.5 Å². The summed E-state index contributed by atoms with van der Waals surface area (Å²) in [5, 5.41) is 0. The van der Waals surface area contributed by atoms with Gasteiger partial charge in [0.2, 0.25) is 0 Å². The molecule has 1 atom stereocenters. The van der Waals surface area contributed by atoms with Crippen molar-refractivity contribution in [1.82, 2.24) is 0 Å². The van der Waals surface area contributed by atoms with Crippen LogP contribution in [0.15, 0.2) is 30.7 Å². The number of aryl methyl sites for hydroxylation is 1. The second kappa shape index (κ2) is 7.04. The van der Waals surface area contributed by atoms with Crippen LogP contribution in [0.2, 0.25) is 0 Å². The van der Waals surface area contributed by atoms with Crippen molar-refractivity contribution in [3.63, 3.8) is 0 Å². The van der Waals surface area contributed by atoms with Crippen LogP contribution in [-0.4, -0.2) is 7.11 Å². The summed E-state index contributed by atoms with van der Waals surface area (Å²) >= 11 is 0. The molecule has 2 nitrogen and oxygen atoms in total. The second-order valence-corrected chi connectivity index (χ2v) is 7.91. The first-order chi connectivity index (χ1) is 11.2. The highest BCUT2D eigenvalue weighted by molar-refractivity contribution is 5.54. The van der Waals surface area contributed by atoms with Gasteiger partial charge in [0.05, 0.1) is 7.11 Å². The number of benzene rings is 1. The van der Waals surface area contributed by atoms with Crippen LogP contribution in [-0.2, 0) is 10.2 Å². The predicted octanol–water partition coefficient (Wildman–Crippen LogP) is 6.17.